The maximum Gasteiger partial charge on any atom is 0.366 e. The normalized spacial score (nSPS) is 11.2. The number of hydrogen-bond donors (Lipinski definition) is 1. The Morgan fingerprint density at radius 2 is 1.75 bits per heavy atom. The number of hydrogen-bond acceptors (Lipinski definition) is 3. The van der Waals surface area contributed by atoms with E-state index in [9.17, 15) is 4.79 Å². The average Bonchev–Trinajstić information content (AvgIpc) is 2.53. The number of alkyl halides is 1. The molecule has 0 spiro atoms. The highest BCUT2D eigenvalue weighted by molar-refractivity contribution is 9.08. The van der Waals surface area contributed by atoms with Crippen molar-refractivity contribution in [3.8, 4) is 0 Å². The van der Waals surface area contributed by atoms with Crippen molar-refractivity contribution in [3.05, 3.63) is 71.3 Å². The molecule has 2 rings (SSSR count). The monoisotopic (exact) mass is 332 g/mol. The zero-order valence-electron chi connectivity index (χ0n) is 10.6. The van der Waals surface area contributed by atoms with Gasteiger partial charge in [-0.15, -0.1) is 0 Å². The lowest BCUT2D eigenvalue weighted by molar-refractivity contribution is 0.0515. The topological polar surface area (TPSA) is 64.7 Å². The summed E-state index contributed by atoms with van der Waals surface area (Å²) >= 11 is 3.33. The van der Waals surface area contributed by atoms with Crippen LogP contribution in [-0.2, 0) is 10.2 Å². The van der Waals surface area contributed by atoms with E-state index in [2.05, 4.69) is 21.1 Å². The average molecular weight is 333 g/mol. The van der Waals surface area contributed by atoms with Crippen molar-refractivity contribution in [3.63, 3.8) is 0 Å². The molecule has 0 amide bonds. The Hall–Kier alpha value is -2.14. The van der Waals surface area contributed by atoms with Gasteiger partial charge in [-0.2, -0.15) is 0 Å². The molecule has 0 unspecified atom stereocenters. The molecule has 5 heteroatoms. The van der Waals surface area contributed by atoms with Gasteiger partial charge in [0, 0.05) is 10.9 Å². The zero-order chi connectivity index (χ0) is 14.4. The summed E-state index contributed by atoms with van der Waals surface area (Å²) in [6, 6.07) is 16.3. The van der Waals surface area contributed by atoms with E-state index in [1.165, 1.54) is 0 Å². The Labute approximate surface area is 125 Å². The first-order chi connectivity index (χ1) is 9.72. The first-order valence-electron chi connectivity index (χ1n) is 5.96. The molecule has 0 bridgehead atoms. The van der Waals surface area contributed by atoms with Crippen LogP contribution >= 0.6 is 15.9 Å². The van der Waals surface area contributed by atoms with Crippen LogP contribution in [0, 0.1) is 0 Å². The van der Waals surface area contributed by atoms with E-state index in [0.717, 1.165) is 5.56 Å². The third-order valence-corrected chi connectivity index (χ3v) is 3.28. The zero-order valence-corrected chi connectivity index (χ0v) is 12.2. The van der Waals surface area contributed by atoms with Gasteiger partial charge >= 0.3 is 5.97 Å². The Kier molecular flexibility index (Phi) is 4.90. The van der Waals surface area contributed by atoms with Crippen LogP contribution < -0.4 is 5.73 Å². The second-order valence-electron chi connectivity index (χ2n) is 4.01. The van der Waals surface area contributed by atoms with E-state index in [-0.39, 0.29) is 5.84 Å². The molecule has 4 nitrogen and oxygen atoms in total. The quantitative estimate of drug-likeness (QED) is 0.307. The second-order valence-corrected chi connectivity index (χ2v) is 4.57. The number of amidine groups is 1. The molecule has 0 aliphatic rings. The Bertz CT molecular complexity index is 627. The van der Waals surface area contributed by atoms with Gasteiger partial charge in [0.1, 0.15) is 0 Å². The van der Waals surface area contributed by atoms with Crippen molar-refractivity contribution < 1.29 is 9.63 Å². The third-order valence-electron chi connectivity index (χ3n) is 2.68. The van der Waals surface area contributed by atoms with Crippen molar-refractivity contribution in [1.82, 2.24) is 0 Å². The summed E-state index contributed by atoms with van der Waals surface area (Å²) in [5, 5.41) is 4.24. The van der Waals surface area contributed by atoms with Gasteiger partial charge in [0.2, 0.25) is 0 Å². The molecule has 0 aromatic heterocycles. The maximum atomic E-state index is 12.0. The fourth-order valence-corrected chi connectivity index (χ4v) is 2.13. The molecule has 0 saturated heterocycles. The molecular weight excluding hydrogens is 320 g/mol. The van der Waals surface area contributed by atoms with Crippen LogP contribution in [0.4, 0.5) is 0 Å². The van der Waals surface area contributed by atoms with Crippen LogP contribution in [0.5, 0.6) is 0 Å². The van der Waals surface area contributed by atoms with E-state index < -0.39 is 5.97 Å². The van der Waals surface area contributed by atoms with Crippen molar-refractivity contribution in [2.45, 2.75) is 5.33 Å². The number of nitrogens with two attached hydrogens (primary N) is 1. The van der Waals surface area contributed by atoms with E-state index in [1.54, 1.807) is 24.3 Å². The summed E-state index contributed by atoms with van der Waals surface area (Å²) in [7, 11) is 0. The molecule has 2 N–H and O–H groups in total. The van der Waals surface area contributed by atoms with E-state index in [0.29, 0.717) is 16.5 Å². The van der Waals surface area contributed by atoms with Gasteiger partial charge in [-0.1, -0.05) is 69.6 Å². The van der Waals surface area contributed by atoms with Crippen LogP contribution in [0.3, 0.4) is 0 Å². The van der Waals surface area contributed by atoms with Crippen LogP contribution in [0.15, 0.2) is 59.8 Å². The molecular formula is C15H13BrN2O2. The molecule has 0 fully saturated rings. The number of carbonyl (C=O) groups excluding carboxylic acids is 1. The van der Waals surface area contributed by atoms with Gasteiger partial charge in [-0.3, -0.25) is 0 Å². The fourth-order valence-electron chi connectivity index (χ4n) is 1.64. The SMILES string of the molecule is N/C(=N\OC(=O)c1ccccc1CBr)c1ccccc1. The van der Waals surface area contributed by atoms with Gasteiger partial charge in [-0.25, -0.2) is 4.79 Å². The van der Waals surface area contributed by atoms with Crippen molar-refractivity contribution in [2.24, 2.45) is 10.9 Å². The molecule has 0 aliphatic carbocycles. The lowest BCUT2D eigenvalue weighted by atomic mass is 10.1. The summed E-state index contributed by atoms with van der Waals surface area (Å²) < 4.78 is 0. The first kappa shape index (κ1) is 14.3. The second kappa shape index (κ2) is 6.86. The van der Waals surface area contributed by atoms with Crippen LogP contribution in [0.25, 0.3) is 0 Å². The molecule has 0 radical (unpaired) electrons. The predicted molar refractivity (Wildman–Crippen MR) is 81.7 cm³/mol. The maximum absolute atomic E-state index is 12.0. The Balaban J connectivity index is 2.12. The van der Waals surface area contributed by atoms with Crippen molar-refractivity contribution in [1.29, 1.82) is 0 Å². The highest BCUT2D eigenvalue weighted by Crippen LogP contribution is 2.13. The minimum absolute atomic E-state index is 0.162. The largest absolute Gasteiger partial charge is 0.380 e. The number of halogens is 1. The molecule has 0 saturated carbocycles. The molecule has 20 heavy (non-hydrogen) atoms. The van der Waals surface area contributed by atoms with Crippen LogP contribution in [0.2, 0.25) is 0 Å². The van der Waals surface area contributed by atoms with Crippen LogP contribution in [0.1, 0.15) is 21.5 Å². The van der Waals surface area contributed by atoms with Gasteiger partial charge in [-0.05, 0) is 11.6 Å². The summed E-state index contributed by atoms with van der Waals surface area (Å²) in [6.07, 6.45) is 0. The Morgan fingerprint density at radius 3 is 2.45 bits per heavy atom. The molecule has 2 aromatic carbocycles. The van der Waals surface area contributed by atoms with Crippen molar-refractivity contribution in [2.75, 3.05) is 0 Å². The lowest BCUT2D eigenvalue weighted by Gasteiger charge is -2.04. The minimum atomic E-state index is -0.529. The van der Waals surface area contributed by atoms with E-state index in [1.807, 2.05) is 30.3 Å². The number of rotatable bonds is 4. The molecule has 0 aliphatic heterocycles. The number of benzene rings is 2. The molecule has 102 valence electrons. The summed E-state index contributed by atoms with van der Waals surface area (Å²) in [5.41, 5.74) is 7.76. The van der Waals surface area contributed by atoms with Gasteiger partial charge in [0.05, 0.1) is 5.56 Å². The van der Waals surface area contributed by atoms with E-state index >= 15 is 0 Å². The lowest BCUT2D eigenvalue weighted by Crippen LogP contribution is -2.15. The summed E-state index contributed by atoms with van der Waals surface area (Å²) in [6.45, 7) is 0. The highest BCUT2D eigenvalue weighted by atomic mass is 79.9. The van der Waals surface area contributed by atoms with E-state index in [4.69, 9.17) is 10.6 Å². The highest BCUT2D eigenvalue weighted by Gasteiger charge is 2.12. The standard InChI is InChI=1S/C15H13BrN2O2/c16-10-12-8-4-5-9-13(12)15(19)20-18-14(17)11-6-2-1-3-7-11/h1-9H,10H2,(H2,17,18). The number of oxime groups is 1. The molecule has 2 aromatic rings. The number of carbonyl (C=O) groups is 1. The number of nitrogens with zero attached hydrogens (tertiary/aromatic N) is 1. The summed E-state index contributed by atoms with van der Waals surface area (Å²) in [4.78, 5) is 16.8. The first-order valence-corrected chi connectivity index (χ1v) is 7.08. The van der Waals surface area contributed by atoms with Gasteiger partial charge < -0.3 is 10.6 Å². The van der Waals surface area contributed by atoms with Gasteiger partial charge in [0.15, 0.2) is 5.84 Å². The molecule has 0 atom stereocenters. The predicted octanol–water partition coefficient (Wildman–Crippen LogP) is 3.06. The molecule has 0 heterocycles. The van der Waals surface area contributed by atoms with Crippen molar-refractivity contribution >= 4 is 27.7 Å². The Morgan fingerprint density at radius 1 is 1.10 bits per heavy atom. The summed E-state index contributed by atoms with van der Waals surface area (Å²) in [5.74, 6) is -0.366. The third kappa shape index (κ3) is 3.45. The van der Waals surface area contributed by atoms with Gasteiger partial charge in [0.25, 0.3) is 0 Å². The smallest absolute Gasteiger partial charge is 0.366 e. The van der Waals surface area contributed by atoms with Crippen LogP contribution in [-0.4, -0.2) is 11.8 Å². The minimum Gasteiger partial charge on any atom is -0.380 e. The fraction of sp³-hybridized carbons (Fsp3) is 0.0667.